The molecule has 2 aromatic rings. The van der Waals surface area contributed by atoms with Gasteiger partial charge in [-0.2, -0.15) is 4.98 Å². The normalized spacial score (nSPS) is 10.8. The van der Waals surface area contributed by atoms with Crippen molar-refractivity contribution in [3.63, 3.8) is 0 Å². The summed E-state index contributed by atoms with van der Waals surface area (Å²) in [5.74, 6) is 1.39. The zero-order chi connectivity index (χ0) is 12.8. The molecule has 0 unspecified atom stereocenters. The average molecular weight is 245 g/mol. The minimum absolute atomic E-state index is 0.602. The Bertz CT molecular complexity index is 493. The minimum atomic E-state index is 0.602. The van der Waals surface area contributed by atoms with Crippen LogP contribution >= 0.6 is 0 Å². The molecule has 0 atom stereocenters. The molecule has 1 aromatic heterocycles. The van der Waals surface area contributed by atoms with E-state index in [-0.39, 0.29) is 0 Å². The molecule has 0 aliphatic heterocycles. The fourth-order valence-corrected chi connectivity index (χ4v) is 1.90. The Morgan fingerprint density at radius 1 is 1.22 bits per heavy atom. The van der Waals surface area contributed by atoms with Gasteiger partial charge in [0.15, 0.2) is 5.82 Å². The molecule has 0 spiro atoms. The summed E-state index contributed by atoms with van der Waals surface area (Å²) in [7, 11) is 0. The van der Waals surface area contributed by atoms with Gasteiger partial charge in [0, 0.05) is 12.0 Å². The van der Waals surface area contributed by atoms with Crippen LogP contribution in [0.1, 0.15) is 31.2 Å². The lowest BCUT2D eigenvalue weighted by Crippen LogP contribution is -2.03. The number of hydrogen-bond acceptors (Lipinski definition) is 4. The topological polar surface area (TPSA) is 64.9 Å². The lowest BCUT2D eigenvalue weighted by atomic mass is 10.0. The molecular weight excluding hydrogens is 226 g/mol. The lowest BCUT2D eigenvalue weighted by Gasteiger charge is -2.03. The van der Waals surface area contributed by atoms with Gasteiger partial charge in [0.1, 0.15) is 0 Å². The molecule has 4 heteroatoms. The third-order valence-corrected chi connectivity index (χ3v) is 2.88. The van der Waals surface area contributed by atoms with Crippen LogP contribution in [0.5, 0.6) is 0 Å². The molecule has 0 aliphatic rings. The second-order valence-electron chi connectivity index (χ2n) is 4.32. The van der Waals surface area contributed by atoms with Crippen LogP contribution in [0.2, 0.25) is 0 Å². The molecule has 0 saturated heterocycles. The largest absolute Gasteiger partial charge is 0.334 e. The third-order valence-electron chi connectivity index (χ3n) is 2.88. The van der Waals surface area contributed by atoms with E-state index in [2.05, 4.69) is 23.1 Å². The van der Waals surface area contributed by atoms with Crippen molar-refractivity contribution in [1.29, 1.82) is 0 Å². The fraction of sp³-hybridized carbons (Fsp3) is 0.429. The van der Waals surface area contributed by atoms with Gasteiger partial charge in [-0.25, -0.2) is 0 Å². The molecule has 0 radical (unpaired) electrons. The summed E-state index contributed by atoms with van der Waals surface area (Å²) in [5.41, 5.74) is 7.77. The van der Waals surface area contributed by atoms with E-state index in [1.54, 1.807) is 0 Å². The van der Waals surface area contributed by atoms with Crippen molar-refractivity contribution in [1.82, 2.24) is 10.1 Å². The van der Waals surface area contributed by atoms with Gasteiger partial charge in [-0.05, 0) is 31.0 Å². The summed E-state index contributed by atoms with van der Waals surface area (Å²) >= 11 is 0. The van der Waals surface area contributed by atoms with Gasteiger partial charge >= 0.3 is 0 Å². The number of hydrogen-bond donors (Lipinski definition) is 1. The molecule has 1 aromatic carbocycles. The number of aromatic nitrogens is 2. The fourth-order valence-electron chi connectivity index (χ4n) is 1.90. The van der Waals surface area contributed by atoms with Gasteiger partial charge in [0.25, 0.3) is 5.89 Å². The van der Waals surface area contributed by atoms with Gasteiger partial charge in [-0.15, -0.1) is 0 Å². The maximum absolute atomic E-state index is 5.61. The van der Waals surface area contributed by atoms with Gasteiger partial charge < -0.3 is 10.3 Å². The molecule has 2 N–H and O–H groups in total. The Balaban J connectivity index is 2.22. The van der Waals surface area contributed by atoms with Crippen molar-refractivity contribution in [2.75, 3.05) is 6.54 Å². The summed E-state index contributed by atoms with van der Waals surface area (Å²) in [5, 5.41) is 4.01. The van der Waals surface area contributed by atoms with Crippen LogP contribution in [0.25, 0.3) is 11.5 Å². The third kappa shape index (κ3) is 2.96. The smallest absolute Gasteiger partial charge is 0.258 e. The van der Waals surface area contributed by atoms with E-state index in [0.717, 1.165) is 42.6 Å². The van der Waals surface area contributed by atoms with Crippen LogP contribution in [0.4, 0.5) is 0 Å². The van der Waals surface area contributed by atoms with Crippen molar-refractivity contribution in [2.24, 2.45) is 5.73 Å². The molecular formula is C14H19N3O. The van der Waals surface area contributed by atoms with Gasteiger partial charge in [0.05, 0.1) is 0 Å². The number of benzene rings is 1. The maximum Gasteiger partial charge on any atom is 0.258 e. The van der Waals surface area contributed by atoms with E-state index in [1.165, 1.54) is 0 Å². The zero-order valence-electron chi connectivity index (χ0n) is 10.7. The van der Waals surface area contributed by atoms with Crippen LogP contribution < -0.4 is 5.73 Å². The Morgan fingerprint density at radius 2 is 2.06 bits per heavy atom. The highest BCUT2D eigenvalue weighted by Crippen LogP contribution is 2.22. The highest BCUT2D eigenvalue weighted by atomic mass is 16.5. The van der Waals surface area contributed by atoms with Gasteiger partial charge in [-0.3, -0.25) is 0 Å². The SMILES string of the molecule is CCCCc1noc(-c2ccccc2CCN)n1. The molecule has 0 fully saturated rings. The van der Waals surface area contributed by atoms with Crippen molar-refractivity contribution in [2.45, 2.75) is 32.6 Å². The molecule has 0 aliphatic carbocycles. The molecule has 2 rings (SSSR count). The average Bonchev–Trinajstić information content (AvgIpc) is 2.86. The van der Waals surface area contributed by atoms with Gasteiger partial charge in [-0.1, -0.05) is 36.7 Å². The molecule has 0 amide bonds. The number of nitrogens with two attached hydrogens (primary N) is 1. The number of rotatable bonds is 6. The summed E-state index contributed by atoms with van der Waals surface area (Å²) in [6, 6.07) is 8.04. The molecule has 96 valence electrons. The van der Waals surface area contributed by atoms with E-state index in [0.29, 0.717) is 12.4 Å². The second-order valence-corrected chi connectivity index (χ2v) is 4.32. The quantitative estimate of drug-likeness (QED) is 0.849. The second kappa shape index (κ2) is 6.31. The Labute approximate surface area is 107 Å². The summed E-state index contributed by atoms with van der Waals surface area (Å²) < 4.78 is 5.33. The monoisotopic (exact) mass is 245 g/mol. The first kappa shape index (κ1) is 12.8. The highest BCUT2D eigenvalue weighted by molar-refractivity contribution is 5.58. The van der Waals surface area contributed by atoms with E-state index < -0.39 is 0 Å². The molecule has 1 heterocycles. The zero-order valence-corrected chi connectivity index (χ0v) is 10.7. The van der Waals surface area contributed by atoms with Crippen molar-refractivity contribution < 1.29 is 4.52 Å². The van der Waals surface area contributed by atoms with Crippen molar-refractivity contribution >= 4 is 0 Å². The first-order chi connectivity index (χ1) is 8.85. The van der Waals surface area contributed by atoms with Crippen LogP contribution in [0.3, 0.4) is 0 Å². The van der Waals surface area contributed by atoms with E-state index in [4.69, 9.17) is 10.3 Å². The Morgan fingerprint density at radius 3 is 2.83 bits per heavy atom. The predicted molar refractivity (Wildman–Crippen MR) is 71.1 cm³/mol. The minimum Gasteiger partial charge on any atom is -0.334 e. The predicted octanol–water partition coefficient (Wildman–Crippen LogP) is 2.58. The van der Waals surface area contributed by atoms with E-state index >= 15 is 0 Å². The lowest BCUT2D eigenvalue weighted by molar-refractivity contribution is 0.421. The molecule has 4 nitrogen and oxygen atoms in total. The number of unbranched alkanes of at least 4 members (excludes halogenated alkanes) is 1. The summed E-state index contributed by atoms with van der Waals surface area (Å²) in [6.07, 6.45) is 3.92. The Kier molecular flexibility index (Phi) is 4.47. The number of aryl methyl sites for hydroxylation is 1. The summed E-state index contributed by atoms with van der Waals surface area (Å²) in [6.45, 7) is 2.77. The van der Waals surface area contributed by atoms with Crippen molar-refractivity contribution in [3.8, 4) is 11.5 Å². The van der Waals surface area contributed by atoms with Crippen LogP contribution in [0.15, 0.2) is 28.8 Å². The van der Waals surface area contributed by atoms with E-state index in [1.807, 2.05) is 18.2 Å². The van der Waals surface area contributed by atoms with Crippen molar-refractivity contribution in [3.05, 3.63) is 35.7 Å². The molecule has 0 bridgehead atoms. The summed E-state index contributed by atoms with van der Waals surface area (Å²) in [4.78, 5) is 4.44. The standard InChI is InChI=1S/C14H19N3O/c1-2-3-8-13-16-14(18-17-13)12-7-5-4-6-11(12)9-10-15/h4-7H,2-3,8-10,15H2,1H3. The van der Waals surface area contributed by atoms with Gasteiger partial charge in [0.2, 0.25) is 0 Å². The molecule has 18 heavy (non-hydrogen) atoms. The molecule has 0 saturated carbocycles. The van der Waals surface area contributed by atoms with Crippen LogP contribution in [-0.4, -0.2) is 16.7 Å². The number of nitrogens with zero attached hydrogens (tertiary/aromatic N) is 2. The highest BCUT2D eigenvalue weighted by Gasteiger charge is 2.11. The van der Waals surface area contributed by atoms with E-state index in [9.17, 15) is 0 Å². The first-order valence-electron chi connectivity index (χ1n) is 6.46. The van der Waals surface area contributed by atoms with Crippen LogP contribution in [-0.2, 0) is 12.8 Å². The maximum atomic E-state index is 5.61. The Hall–Kier alpha value is -1.68. The van der Waals surface area contributed by atoms with Crippen LogP contribution in [0, 0.1) is 0 Å². The first-order valence-corrected chi connectivity index (χ1v) is 6.46.